The van der Waals surface area contributed by atoms with Gasteiger partial charge < -0.3 is 19.7 Å². The highest BCUT2D eigenvalue weighted by Gasteiger charge is 2.33. The third kappa shape index (κ3) is 4.04. The largest absolute Gasteiger partial charge is 0.454 e. The van der Waals surface area contributed by atoms with Crippen molar-refractivity contribution in [1.82, 2.24) is 30.0 Å². The highest BCUT2D eigenvalue weighted by molar-refractivity contribution is 5.95. The minimum Gasteiger partial charge on any atom is -0.454 e. The van der Waals surface area contributed by atoms with Gasteiger partial charge in [0.05, 0.1) is 23.1 Å². The van der Waals surface area contributed by atoms with Crippen molar-refractivity contribution >= 4 is 5.91 Å². The SMILES string of the molecule is O=C(NCCN1CCCC1)c1cnn(-c2nccc(-c3ccc4c(c3)OCO4)n2)c1C1CC1. The fourth-order valence-corrected chi connectivity index (χ4v) is 4.54. The summed E-state index contributed by atoms with van der Waals surface area (Å²) in [6.07, 6.45) is 7.95. The standard InChI is InChI=1S/C24H26N6O3/c31-23(25-9-12-29-10-1-2-11-29)18-14-27-30(22(18)16-3-4-16)24-26-8-7-19(28-24)17-5-6-20-21(13-17)33-15-32-20/h5-8,13-14,16H,1-4,9-12,15H2,(H,25,31). The van der Waals surface area contributed by atoms with Crippen molar-refractivity contribution in [3.8, 4) is 28.7 Å². The van der Waals surface area contributed by atoms with Crippen LogP contribution in [-0.4, -0.2) is 63.5 Å². The van der Waals surface area contributed by atoms with Gasteiger partial charge in [0.2, 0.25) is 6.79 Å². The van der Waals surface area contributed by atoms with E-state index in [4.69, 9.17) is 14.5 Å². The molecule has 2 fully saturated rings. The Hall–Kier alpha value is -3.46. The van der Waals surface area contributed by atoms with Crippen LogP contribution in [-0.2, 0) is 0 Å². The molecule has 4 heterocycles. The summed E-state index contributed by atoms with van der Waals surface area (Å²) in [5.41, 5.74) is 3.18. The summed E-state index contributed by atoms with van der Waals surface area (Å²) in [7, 11) is 0. The maximum atomic E-state index is 13.0. The summed E-state index contributed by atoms with van der Waals surface area (Å²) in [5.74, 6) is 2.14. The summed E-state index contributed by atoms with van der Waals surface area (Å²) in [6, 6.07) is 7.60. The van der Waals surface area contributed by atoms with Gasteiger partial charge in [-0.1, -0.05) is 0 Å². The van der Waals surface area contributed by atoms with Crippen molar-refractivity contribution in [1.29, 1.82) is 0 Å². The van der Waals surface area contributed by atoms with E-state index < -0.39 is 0 Å². The predicted molar refractivity (Wildman–Crippen MR) is 121 cm³/mol. The number of hydrogen-bond donors (Lipinski definition) is 1. The monoisotopic (exact) mass is 446 g/mol. The number of nitrogens with zero attached hydrogens (tertiary/aromatic N) is 5. The lowest BCUT2D eigenvalue weighted by Crippen LogP contribution is -2.33. The lowest BCUT2D eigenvalue weighted by Gasteiger charge is -2.14. The normalized spacial score (nSPS) is 17.5. The molecule has 1 aliphatic carbocycles. The zero-order valence-corrected chi connectivity index (χ0v) is 18.4. The molecule has 1 amide bonds. The van der Waals surface area contributed by atoms with Crippen molar-refractivity contribution in [2.45, 2.75) is 31.6 Å². The summed E-state index contributed by atoms with van der Waals surface area (Å²) < 4.78 is 12.6. The van der Waals surface area contributed by atoms with Gasteiger partial charge in [-0.2, -0.15) is 5.10 Å². The third-order valence-electron chi connectivity index (χ3n) is 6.43. The number of likely N-dealkylation sites (tertiary alicyclic amines) is 1. The maximum Gasteiger partial charge on any atom is 0.254 e. The Morgan fingerprint density at radius 1 is 1.12 bits per heavy atom. The summed E-state index contributed by atoms with van der Waals surface area (Å²) in [4.78, 5) is 24.6. The number of hydrogen-bond acceptors (Lipinski definition) is 7. The molecule has 1 aromatic carbocycles. The van der Waals surface area contributed by atoms with Crippen LogP contribution in [0.4, 0.5) is 0 Å². The molecule has 1 saturated heterocycles. The first-order valence-corrected chi connectivity index (χ1v) is 11.6. The number of amides is 1. The fourth-order valence-electron chi connectivity index (χ4n) is 4.54. The van der Waals surface area contributed by atoms with E-state index in [-0.39, 0.29) is 12.7 Å². The van der Waals surface area contributed by atoms with Gasteiger partial charge in [0, 0.05) is 30.8 Å². The molecule has 2 aliphatic heterocycles. The van der Waals surface area contributed by atoms with E-state index in [1.165, 1.54) is 12.8 Å². The van der Waals surface area contributed by atoms with Gasteiger partial charge >= 0.3 is 0 Å². The second kappa shape index (κ2) is 8.47. The molecule has 3 aliphatic rings. The van der Waals surface area contributed by atoms with Gasteiger partial charge in [0.15, 0.2) is 11.5 Å². The Bertz CT molecular complexity index is 1180. The topological polar surface area (TPSA) is 94.4 Å². The van der Waals surface area contributed by atoms with Crippen LogP contribution in [0.3, 0.4) is 0 Å². The third-order valence-corrected chi connectivity index (χ3v) is 6.43. The molecule has 2 aromatic heterocycles. The molecule has 0 radical (unpaired) electrons. The van der Waals surface area contributed by atoms with Gasteiger partial charge in [0.1, 0.15) is 0 Å². The lowest BCUT2D eigenvalue weighted by atomic mass is 10.1. The first-order valence-electron chi connectivity index (χ1n) is 11.6. The highest BCUT2D eigenvalue weighted by Crippen LogP contribution is 2.42. The van der Waals surface area contributed by atoms with Crippen molar-refractivity contribution < 1.29 is 14.3 Å². The highest BCUT2D eigenvalue weighted by atomic mass is 16.7. The molecule has 170 valence electrons. The molecule has 1 N–H and O–H groups in total. The van der Waals surface area contributed by atoms with E-state index in [1.54, 1.807) is 17.1 Å². The number of carbonyl (C=O) groups is 1. The molecule has 1 saturated carbocycles. The number of benzene rings is 1. The Morgan fingerprint density at radius 3 is 2.82 bits per heavy atom. The number of rotatable bonds is 7. The molecular formula is C24H26N6O3. The van der Waals surface area contributed by atoms with E-state index in [1.807, 2.05) is 24.3 Å². The van der Waals surface area contributed by atoms with Crippen molar-refractivity contribution in [2.24, 2.45) is 0 Å². The number of nitrogens with one attached hydrogen (secondary N) is 1. The maximum absolute atomic E-state index is 13.0. The number of ether oxygens (including phenoxy) is 2. The molecule has 9 heteroatoms. The Labute approximate surface area is 191 Å². The fraction of sp³-hybridized carbons (Fsp3) is 0.417. The van der Waals surface area contributed by atoms with Crippen molar-refractivity contribution in [2.75, 3.05) is 33.0 Å². The molecule has 0 bridgehead atoms. The van der Waals surface area contributed by atoms with Gasteiger partial charge in [0.25, 0.3) is 11.9 Å². The first kappa shape index (κ1) is 20.2. The molecule has 0 atom stereocenters. The average molecular weight is 447 g/mol. The Morgan fingerprint density at radius 2 is 1.97 bits per heavy atom. The summed E-state index contributed by atoms with van der Waals surface area (Å²) in [6.45, 7) is 4.01. The van der Waals surface area contributed by atoms with Crippen LogP contribution in [0.1, 0.15) is 47.7 Å². The first-order chi connectivity index (χ1) is 16.3. The Kier molecular flexibility index (Phi) is 5.18. The number of fused-ring (bicyclic) bond motifs is 1. The summed E-state index contributed by atoms with van der Waals surface area (Å²) >= 11 is 0. The van der Waals surface area contributed by atoms with Crippen LogP contribution >= 0.6 is 0 Å². The van der Waals surface area contributed by atoms with Crippen LogP contribution in [0.15, 0.2) is 36.7 Å². The average Bonchev–Trinajstić information content (AvgIpc) is 3.23. The van der Waals surface area contributed by atoms with Crippen LogP contribution in [0.25, 0.3) is 17.2 Å². The second-order valence-electron chi connectivity index (χ2n) is 8.74. The van der Waals surface area contributed by atoms with Crippen molar-refractivity contribution in [3.63, 3.8) is 0 Å². The smallest absolute Gasteiger partial charge is 0.254 e. The van der Waals surface area contributed by atoms with E-state index in [2.05, 4.69) is 20.3 Å². The molecule has 6 rings (SSSR count). The van der Waals surface area contributed by atoms with Crippen LogP contribution in [0.2, 0.25) is 0 Å². The van der Waals surface area contributed by atoms with Crippen molar-refractivity contribution in [3.05, 3.63) is 47.9 Å². The zero-order chi connectivity index (χ0) is 22.2. The molecule has 0 spiro atoms. The summed E-state index contributed by atoms with van der Waals surface area (Å²) in [5, 5.41) is 7.60. The molecule has 3 aromatic rings. The number of carbonyl (C=O) groups excluding carboxylic acids is 1. The Balaban J connectivity index is 1.25. The van der Waals surface area contributed by atoms with Gasteiger partial charge in [-0.15, -0.1) is 0 Å². The minimum atomic E-state index is -0.0747. The van der Waals surface area contributed by atoms with Crippen LogP contribution < -0.4 is 14.8 Å². The van der Waals surface area contributed by atoms with E-state index in [0.717, 1.165) is 55.2 Å². The van der Waals surface area contributed by atoms with E-state index in [0.29, 0.717) is 29.7 Å². The number of aromatic nitrogens is 4. The second-order valence-corrected chi connectivity index (χ2v) is 8.74. The zero-order valence-electron chi connectivity index (χ0n) is 18.4. The molecular weight excluding hydrogens is 420 g/mol. The van der Waals surface area contributed by atoms with Gasteiger partial charge in [-0.3, -0.25) is 4.79 Å². The molecule has 9 nitrogen and oxygen atoms in total. The molecule has 33 heavy (non-hydrogen) atoms. The van der Waals surface area contributed by atoms with Crippen LogP contribution in [0, 0.1) is 0 Å². The van der Waals surface area contributed by atoms with E-state index in [9.17, 15) is 4.79 Å². The predicted octanol–water partition coefficient (Wildman–Crippen LogP) is 2.76. The van der Waals surface area contributed by atoms with Gasteiger partial charge in [-0.05, 0) is 63.0 Å². The lowest BCUT2D eigenvalue weighted by molar-refractivity contribution is 0.0948. The minimum absolute atomic E-state index is 0.0747. The van der Waals surface area contributed by atoms with Crippen LogP contribution in [0.5, 0.6) is 11.5 Å². The van der Waals surface area contributed by atoms with Gasteiger partial charge in [-0.25, -0.2) is 14.6 Å². The molecule has 0 unspecified atom stereocenters. The van der Waals surface area contributed by atoms with E-state index >= 15 is 0 Å². The quantitative estimate of drug-likeness (QED) is 0.596.